The van der Waals surface area contributed by atoms with Crippen molar-refractivity contribution < 1.29 is 4.79 Å². The molecule has 0 radical (unpaired) electrons. The second-order valence-electron chi connectivity index (χ2n) is 3.35. The highest BCUT2D eigenvalue weighted by Gasteiger charge is 2.20. The average molecular weight is 161 g/mol. The molecule has 0 spiro atoms. The minimum atomic E-state index is 0.576. The highest BCUT2D eigenvalue weighted by Crippen LogP contribution is 2.32. The molecule has 0 saturated carbocycles. The van der Waals surface area contributed by atoms with E-state index in [1.807, 2.05) is 6.20 Å². The molecule has 0 aliphatic heterocycles. The molecule has 0 fully saturated rings. The standard InChI is InChI=1S/C10H11NO/c1-7-2-3-9-8(6-12)4-11-5-10(7)9/h4-7H,2-3H2,1H3/t7-/m0/s1. The van der Waals surface area contributed by atoms with Crippen molar-refractivity contribution in [3.8, 4) is 0 Å². The molecule has 2 nitrogen and oxygen atoms in total. The SMILES string of the molecule is C[C@H]1CCc2c(C=O)cncc21. The number of rotatable bonds is 1. The Bertz CT molecular complexity index is 320. The van der Waals surface area contributed by atoms with Crippen LogP contribution in [0.25, 0.3) is 0 Å². The summed E-state index contributed by atoms with van der Waals surface area (Å²) in [7, 11) is 0. The van der Waals surface area contributed by atoms with E-state index in [1.165, 1.54) is 11.1 Å². The van der Waals surface area contributed by atoms with Crippen LogP contribution in [0.3, 0.4) is 0 Å². The van der Waals surface area contributed by atoms with Crippen LogP contribution in [0, 0.1) is 0 Å². The van der Waals surface area contributed by atoms with E-state index in [1.54, 1.807) is 6.20 Å². The van der Waals surface area contributed by atoms with Crippen LogP contribution in [0.1, 0.15) is 40.7 Å². The van der Waals surface area contributed by atoms with Gasteiger partial charge in [-0.05, 0) is 29.9 Å². The quantitative estimate of drug-likeness (QED) is 0.589. The topological polar surface area (TPSA) is 30.0 Å². The summed E-state index contributed by atoms with van der Waals surface area (Å²) in [6.45, 7) is 2.18. The monoisotopic (exact) mass is 161 g/mol. The molecule has 2 rings (SSSR count). The molecule has 0 N–H and O–H groups in total. The first-order valence-corrected chi connectivity index (χ1v) is 4.25. The molecule has 1 atom stereocenters. The fraction of sp³-hybridized carbons (Fsp3) is 0.400. The summed E-state index contributed by atoms with van der Waals surface area (Å²) in [6.07, 6.45) is 6.64. The lowest BCUT2D eigenvalue weighted by Crippen LogP contribution is -1.93. The van der Waals surface area contributed by atoms with Crippen LogP contribution in [0.5, 0.6) is 0 Å². The lowest BCUT2D eigenvalue weighted by atomic mass is 10.0. The Labute approximate surface area is 71.6 Å². The Hall–Kier alpha value is -1.18. The van der Waals surface area contributed by atoms with E-state index in [2.05, 4.69) is 11.9 Å². The Kier molecular flexibility index (Phi) is 1.68. The van der Waals surface area contributed by atoms with E-state index in [-0.39, 0.29) is 0 Å². The molecule has 0 saturated heterocycles. The van der Waals surface area contributed by atoms with Gasteiger partial charge in [0.15, 0.2) is 6.29 Å². The van der Waals surface area contributed by atoms with Crippen molar-refractivity contribution in [1.29, 1.82) is 0 Å². The third-order valence-corrected chi connectivity index (χ3v) is 2.61. The molecule has 0 bridgehead atoms. The highest BCUT2D eigenvalue weighted by molar-refractivity contribution is 5.77. The van der Waals surface area contributed by atoms with E-state index >= 15 is 0 Å². The van der Waals surface area contributed by atoms with E-state index < -0.39 is 0 Å². The normalized spacial score (nSPS) is 20.6. The number of hydrogen-bond donors (Lipinski definition) is 0. The highest BCUT2D eigenvalue weighted by atomic mass is 16.1. The van der Waals surface area contributed by atoms with Gasteiger partial charge in [-0.15, -0.1) is 0 Å². The zero-order valence-electron chi connectivity index (χ0n) is 7.08. The predicted octanol–water partition coefficient (Wildman–Crippen LogP) is 1.94. The third-order valence-electron chi connectivity index (χ3n) is 2.61. The van der Waals surface area contributed by atoms with Crippen molar-refractivity contribution in [2.24, 2.45) is 0 Å². The zero-order chi connectivity index (χ0) is 8.55. The number of nitrogens with zero attached hydrogens (tertiary/aromatic N) is 1. The number of carbonyl (C=O) groups is 1. The van der Waals surface area contributed by atoms with Gasteiger partial charge in [0, 0.05) is 18.0 Å². The first-order chi connectivity index (χ1) is 5.83. The summed E-state index contributed by atoms with van der Waals surface area (Å²) in [5.74, 6) is 0.576. The molecule has 12 heavy (non-hydrogen) atoms. The minimum absolute atomic E-state index is 0.576. The first-order valence-electron chi connectivity index (χ1n) is 4.25. The van der Waals surface area contributed by atoms with Crippen LogP contribution in [0.15, 0.2) is 12.4 Å². The Morgan fingerprint density at radius 3 is 3.17 bits per heavy atom. The van der Waals surface area contributed by atoms with E-state index in [0.29, 0.717) is 5.92 Å². The lowest BCUT2D eigenvalue weighted by Gasteiger charge is -2.03. The number of fused-ring (bicyclic) bond motifs is 1. The van der Waals surface area contributed by atoms with Gasteiger partial charge < -0.3 is 0 Å². The summed E-state index contributed by atoms with van der Waals surface area (Å²) in [4.78, 5) is 14.7. The maximum atomic E-state index is 10.6. The Morgan fingerprint density at radius 2 is 2.42 bits per heavy atom. The maximum Gasteiger partial charge on any atom is 0.151 e. The van der Waals surface area contributed by atoms with Crippen molar-refractivity contribution in [3.63, 3.8) is 0 Å². The van der Waals surface area contributed by atoms with Crippen molar-refractivity contribution in [1.82, 2.24) is 4.98 Å². The zero-order valence-corrected chi connectivity index (χ0v) is 7.08. The molecule has 1 aliphatic carbocycles. The van der Waals surface area contributed by atoms with Gasteiger partial charge in [-0.25, -0.2) is 0 Å². The number of carbonyl (C=O) groups excluding carboxylic acids is 1. The molecule has 1 aliphatic rings. The van der Waals surface area contributed by atoms with E-state index in [0.717, 1.165) is 24.7 Å². The van der Waals surface area contributed by atoms with Crippen LogP contribution < -0.4 is 0 Å². The lowest BCUT2D eigenvalue weighted by molar-refractivity contribution is 0.112. The van der Waals surface area contributed by atoms with Gasteiger partial charge >= 0.3 is 0 Å². The fourth-order valence-corrected chi connectivity index (χ4v) is 1.85. The van der Waals surface area contributed by atoms with Crippen molar-refractivity contribution in [2.75, 3.05) is 0 Å². The van der Waals surface area contributed by atoms with Crippen LogP contribution in [0.4, 0.5) is 0 Å². The molecule has 1 heterocycles. The van der Waals surface area contributed by atoms with Gasteiger partial charge in [-0.2, -0.15) is 0 Å². The van der Waals surface area contributed by atoms with E-state index in [4.69, 9.17) is 0 Å². The van der Waals surface area contributed by atoms with Gasteiger partial charge in [0.2, 0.25) is 0 Å². The molecule has 62 valence electrons. The third kappa shape index (κ3) is 0.951. The van der Waals surface area contributed by atoms with Gasteiger partial charge in [0.25, 0.3) is 0 Å². The molecule has 1 aromatic rings. The number of hydrogen-bond acceptors (Lipinski definition) is 2. The molecule has 1 aromatic heterocycles. The minimum Gasteiger partial charge on any atom is -0.298 e. The predicted molar refractivity (Wildman–Crippen MR) is 46.4 cm³/mol. The maximum absolute atomic E-state index is 10.6. The van der Waals surface area contributed by atoms with Crippen LogP contribution in [-0.4, -0.2) is 11.3 Å². The van der Waals surface area contributed by atoms with Crippen molar-refractivity contribution in [3.05, 3.63) is 29.1 Å². The molecular weight excluding hydrogens is 150 g/mol. The Morgan fingerprint density at radius 1 is 1.58 bits per heavy atom. The van der Waals surface area contributed by atoms with Crippen molar-refractivity contribution in [2.45, 2.75) is 25.7 Å². The molecule has 0 unspecified atom stereocenters. The first kappa shape index (κ1) is 7.47. The number of aldehydes is 1. The number of aromatic nitrogens is 1. The second-order valence-corrected chi connectivity index (χ2v) is 3.35. The largest absolute Gasteiger partial charge is 0.298 e. The summed E-state index contributed by atoms with van der Waals surface area (Å²) >= 11 is 0. The summed E-state index contributed by atoms with van der Waals surface area (Å²) in [5.41, 5.74) is 3.25. The second kappa shape index (κ2) is 2.70. The van der Waals surface area contributed by atoms with Gasteiger partial charge in [0.05, 0.1) is 0 Å². The van der Waals surface area contributed by atoms with Crippen molar-refractivity contribution >= 4 is 6.29 Å². The van der Waals surface area contributed by atoms with Crippen LogP contribution in [-0.2, 0) is 6.42 Å². The molecular formula is C10H11NO. The summed E-state index contributed by atoms with van der Waals surface area (Å²) < 4.78 is 0. The fourth-order valence-electron chi connectivity index (χ4n) is 1.85. The summed E-state index contributed by atoms with van der Waals surface area (Å²) in [6, 6.07) is 0. The molecule has 2 heteroatoms. The van der Waals surface area contributed by atoms with Crippen LogP contribution in [0.2, 0.25) is 0 Å². The number of pyridine rings is 1. The Balaban J connectivity index is 2.57. The average Bonchev–Trinajstić information content (AvgIpc) is 2.48. The van der Waals surface area contributed by atoms with E-state index in [9.17, 15) is 4.79 Å². The van der Waals surface area contributed by atoms with Gasteiger partial charge in [-0.1, -0.05) is 6.92 Å². The van der Waals surface area contributed by atoms with Gasteiger partial charge in [-0.3, -0.25) is 9.78 Å². The smallest absolute Gasteiger partial charge is 0.151 e. The molecule has 0 amide bonds. The van der Waals surface area contributed by atoms with Gasteiger partial charge in [0.1, 0.15) is 0 Å². The summed E-state index contributed by atoms with van der Waals surface area (Å²) in [5, 5.41) is 0. The van der Waals surface area contributed by atoms with Crippen LogP contribution >= 0.6 is 0 Å². The molecule has 0 aromatic carbocycles.